The van der Waals surface area contributed by atoms with Crippen LogP contribution < -0.4 is 4.74 Å². The molecule has 1 heterocycles. The van der Waals surface area contributed by atoms with Gasteiger partial charge in [0.1, 0.15) is 5.75 Å². The van der Waals surface area contributed by atoms with Crippen molar-refractivity contribution in [3.63, 3.8) is 0 Å². The molecule has 2 rings (SSSR count). The summed E-state index contributed by atoms with van der Waals surface area (Å²) in [6, 6.07) is 6.34. The van der Waals surface area contributed by atoms with E-state index in [0.29, 0.717) is 15.8 Å². The first-order chi connectivity index (χ1) is 8.91. The summed E-state index contributed by atoms with van der Waals surface area (Å²) in [6.45, 7) is 0. The molecule has 19 heavy (non-hydrogen) atoms. The first-order valence-corrected chi connectivity index (χ1v) is 5.95. The SMILES string of the molecule is COc1ccc(-c2ccnc(C(F)(F)F)n2)cc1Br. The second kappa shape index (κ2) is 5.16. The standard InChI is InChI=1S/C12H8BrF3N2O/c1-19-10-3-2-7(6-8(10)13)9-4-5-17-11(18-9)12(14,15)16/h2-6H,1H3. The van der Waals surface area contributed by atoms with E-state index in [1.165, 1.54) is 13.2 Å². The van der Waals surface area contributed by atoms with Gasteiger partial charge in [0.05, 0.1) is 17.3 Å². The molecule has 100 valence electrons. The minimum Gasteiger partial charge on any atom is -0.496 e. The van der Waals surface area contributed by atoms with Crippen LogP contribution in [0.25, 0.3) is 11.3 Å². The lowest BCUT2D eigenvalue weighted by molar-refractivity contribution is -0.144. The summed E-state index contributed by atoms with van der Waals surface area (Å²) >= 11 is 3.27. The molecular formula is C12H8BrF3N2O. The molecule has 0 unspecified atom stereocenters. The van der Waals surface area contributed by atoms with Crippen molar-refractivity contribution in [2.75, 3.05) is 7.11 Å². The van der Waals surface area contributed by atoms with Crippen molar-refractivity contribution >= 4 is 15.9 Å². The van der Waals surface area contributed by atoms with Gasteiger partial charge in [-0.05, 0) is 40.2 Å². The predicted octanol–water partition coefficient (Wildman–Crippen LogP) is 3.93. The Morgan fingerprint density at radius 2 is 1.95 bits per heavy atom. The van der Waals surface area contributed by atoms with E-state index in [9.17, 15) is 13.2 Å². The van der Waals surface area contributed by atoms with Crippen LogP contribution in [0, 0.1) is 0 Å². The van der Waals surface area contributed by atoms with E-state index >= 15 is 0 Å². The number of halogens is 4. The van der Waals surface area contributed by atoms with Gasteiger partial charge in [0.25, 0.3) is 0 Å². The third kappa shape index (κ3) is 3.04. The first kappa shape index (κ1) is 13.8. The lowest BCUT2D eigenvalue weighted by Gasteiger charge is -2.08. The summed E-state index contributed by atoms with van der Waals surface area (Å²) in [6.07, 6.45) is -3.47. The number of aromatic nitrogens is 2. The molecule has 0 amide bonds. The lowest BCUT2D eigenvalue weighted by Crippen LogP contribution is -2.10. The van der Waals surface area contributed by atoms with Crippen LogP contribution in [-0.4, -0.2) is 17.1 Å². The van der Waals surface area contributed by atoms with Gasteiger partial charge in [-0.15, -0.1) is 0 Å². The Bertz CT molecular complexity index is 602. The number of rotatable bonds is 2. The summed E-state index contributed by atoms with van der Waals surface area (Å²) in [5, 5.41) is 0. The van der Waals surface area contributed by atoms with Gasteiger partial charge >= 0.3 is 6.18 Å². The number of ether oxygens (including phenoxy) is 1. The Balaban J connectivity index is 2.45. The Morgan fingerprint density at radius 1 is 1.21 bits per heavy atom. The molecule has 0 spiro atoms. The lowest BCUT2D eigenvalue weighted by atomic mass is 10.1. The largest absolute Gasteiger partial charge is 0.496 e. The topological polar surface area (TPSA) is 35.0 Å². The maximum absolute atomic E-state index is 12.5. The first-order valence-electron chi connectivity index (χ1n) is 5.16. The molecule has 0 N–H and O–H groups in total. The van der Waals surface area contributed by atoms with E-state index in [-0.39, 0.29) is 5.69 Å². The molecule has 0 aliphatic heterocycles. The number of benzene rings is 1. The van der Waals surface area contributed by atoms with E-state index in [1.54, 1.807) is 18.2 Å². The zero-order chi connectivity index (χ0) is 14.0. The summed E-state index contributed by atoms with van der Waals surface area (Å²) < 4.78 is 43.3. The highest BCUT2D eigenvalue weighted by Crippen LogP contribution is 2.31. The van der Waals surface area contributed by atoms with Crippen molar-refractivity contribution in [1.82, 2.24) is 9.97 Å². The van der Waals surface area contributed by atoms with Crippen molar-refractivity contribution in [3.05, 3.63) is 40.8 Å². The van der Waals surface area contributed by atoms with Crippen molar-refractivity contribution in [3.8, 4) is 17.0 Å². The molecule has 0 radical (unpaired) electrons. The van der Waals surface area contributed by atoms with Crippen LogP contribution in [-0.2, 0) is 6.18 Å². The van der Waals surface area contributed by atoms with Crippen molar-refractivity contribution in [2.45, 2.75) is 6.18 Å². The molecule has 0 aliphatic carbocycles. The summed E-state index contributed by atoms with van der Waals surface area (Å²) in [7, 11) is 1.51. The quantitative estimate of drug-likeness (QED) is 0.835. The molecule has 0 atom stereocenters. The minimum absolute atomic E-state index is 0.200. The van der Waals surface area contributed by atoms with Crippen LogP contribution in [0.5, 0.6) is 5.75 Å². The van der Waals surface area contributed by atoms with Crippen LogP contribution in [0.3, 0.4) is 0 Å². The van der Waals surface area contributed by atoms with Gasteiger partial charge in [0.2, 0.25) is 5.82 Å². The van der Waals surface area contributed by atoms with Gasteiger partial charge < -0.3 is 4.74 Å². The van der Waals surface area contributed by atoms with Crippen LogP contribution >= 0.6 is 15.9 Å². The number of alkyl halides is 3. The van der Waals surface area contributed by atoms with Gasteiger partial charge in [-0.1, -0.05) is 0 Å². The molecule has 1 aromatic carbocycles. The van der Waals surface area contributed by atoms with E-state index in [1.807, 2.05) is 0 Å². The van der Waals surface area contributed by atoms with E-state index in [2.05, 4.69) is 25.9 Å². The van der Waals surface area contributed by atoms with Crippen molar-refractivity contribution in [2.24, 2.45) is 0 Å². The van der Waals surface area contributed by atoms with Gasteiger partial charge in [-0.25, -0.2) is 9.97 Å². The van der Waals surface area contributed by atoms with Gasteiger partial charge in [0.15, 0.2) is 0 Å². The molecule has 2 aromatic rings. The summed E-state index contributed by atoms with van der Waals surface area (Å²) in [5.74, 6) is -0.564. The molecular weight excluding hydrogens is 325 g/mol. The van der Waals surface area contributed by atoms with Gasteiger partial charge in [0, 0.05) is 11.8 Å². The predicted molar refractivity (Wildman–Crippen MR) is 66.7 cm³/mol. The van der Waals surface area contributed by atoms with Crippen LogP contribution in [0.4, 0.5) is 13.2 Å². The fourth-order valence-electron chi connectivity index (χ4n) is 1.48. The number of hydrogen-bond donors (Lipinski definition) is 0. The second-order valence-corrected chi connectivity index (χ2v) is 4.47. The van der Waals surface area contributed by atoms with Crippen LogP contribution in [0.1, 0.15) is 5.82 Å². The van der Waals surface area contributed by atoms with Crippen LogP contribution in [0.2, 0.25) is 0 Å². The van der Waals surface area contributed by atoms with E-state index in [4.69, 9.17) is 4.74 Å². The zero-order valence-electron chi connectivity index (χ0n) is 9.70. The summed E-state index contributed by atoms with van der Waals surface area (Å²) in [4.78, 5) is 6.73. The molecule has 1 aromatic heterocycles. The maximum atomic E-state index is 12.5. The Kier molecular flexibility index (Phi) is 3.75. The highest BCUT2D eigenvalue weighted by molar-refractivity contribution is 9.10. The number of nitrogens with zero attached hydrogens (tertiary/aromatic N) is 2. The van der Waals surface area contributed by atoms with Gasteiger partial charge in [-0.2, -0.15) is 13.2 Å². The fourth-order valence-corrected chi connectivity index (χ4v) is 2.02. The summed E-state index contributed by atoms with van der Waals surface area (Å²) in [5.41, 5.74) is 0.742. The normalized spacial score (nSPS) is 11.4. The average molecular weight is 333 g/mol. The van der Waals surface area contributed by atoms with Crippen molar-refractivity contribution < 1.29 is 17.9 Å². The molecule has 0 bridgehead atoms. The van der Waals surface area contributed by atoms with Crippen LogP contribution in [0.15, 0.2) is 34.9 Å². The molecule has 0 aliphatic rings. The average Bonchev–Trinajstić information content (AvgIpc) is 2.38. The highest BCUT2D eigenvalue weighted by Gasteiger charge is 2.34. The highest BCUT2D eigenvalue weighted by atomic mass is 79.9. The minimum atomic E-state index is -4.56. The molecule has 0 fully saturated rings. The Labute approximate surface area is 115 Å². The molecule has 7 heteroatoms. The Morgan fingerprint density at radius 3 is 2.53 bits per heavy atom. The second-order valence-electron chi connectivity index (χ2n) is 3.61. The fraction of sp³-hybridized carbons (Fsp3) is 0.167. The maximum Gasteiger partial charge on any atom is 0.451 e. The number of hydrogen-bond acceptors (Lipinski definition) is 3. The molecule has 0 saturated heterocycles. The van der Waals surface area contributed by atoms with E-state index in [0.717, 1.165) is 6.20 Å². The molecule has 3 nitrogen and oxygen atoms in total. The zero-order valence-corrected chi connectivity index (χ0v) is 11.3. The smallest absolute Gasteiger partial charge is 0.451 e. The Hall–Kier alpha value is -1.63. The monoisotopic (exact) mass is 332 g/mol. The third-order valence-electron chi connectivity index (χ3n) is 2.36. The third-order valence-corrected chi connectivity index (χ3v) is 2.98. The van der Waals surface area contributed by atoms with E-state index < -0.39 is 12.0 Å². The number of methoxy groups -OCH3 is 1. The van der Waals surface area contributed by atoms with Gasteiger partial charge in [-0.3, -0.25) is 0 Å². The molecule has 0 saturated carbocycles. The van der Waals surface area contributed by atoms with Crippen molar-refractivity contribution in [1.29, 1.82) is 0 Å².